The molecule has 19 heavy (non-hydrogen) atoms. The Morgan fingerprint density at radius 2 is 2.16 bits per heavy atom. The first-order valence-electron chi connectivity index (χ1n) is 6.36. The summed E-state index contributed by atoms with van der Waals surface area (Å²) in [5, 5.41) is 3.77. The molecule has 1 aromatic rings. The molecule has 0 atom stereocenters. The Balaban J connectivity index is 2.07. The molecule has 1 aliphatic heterocycles. The minimum Gasteiger partial charge on any atom is -0.494 e. The van der Waals surface area contributed by atoms with E-state index >= 15 is 0 Å². The maximum absolute atomic E-state index is 12.0. The average molecular weight is 328 g/mol. The van der Waals surface area contributed by atoms with E-state index in [0.29, 0.717) is 23.7 Å². The number of amides is 1. The molecule has 0 bridgehead atoms. The normalized spacial score (nSPS) is 16.3. The molecule has 0 aliphatic carbocycles. The summed E-state index contributed by atoms with van der Waals surface area (Å²) in [6.07, 6.45) is 2.06. The zero-order valence-electron chi connectivity index (χ0n) is 11.2. The molecular formula is C14H18BrNO3. The molecule has 0 unspecified atom stereocenters. The molecule has 0 aromatic heterocycles. The lowest BCUT2D eigenvalue weighted by Crippen LogP contribution is -2.51. The van der Waals surface area contributed by atoms with Crippen molar-refractivity contribution in [3.8, 4) is 11.5 Å². The number of hydrogen-bond acceptors (Lipinski definition) is 3. The van der Waals surface area contributed by atoms with Gasteiger partial charge in [0.15, 0.2) is 5.72 Å². The zero-order valence-corrected chi connectivity index (χ0v) is 12.7. The van der Waals surface area contributed by atoms with Gasteiger partial charge in [-0.1, -0.05) is 15.9 Å². The summed E-state index contributed by atoms with van der Waals surface area (Å²) in [5.74, 6) is 1.17. The van der Waals surface area contributed by atoms with Crippen molar-refractivity contribution in [2.45, 2.75) is 32.4 Å². The van der Waals surface area contributed by atoms with Gasteiger partial charge >= 0.3 is 0 Å². The minimum atomic E-state index is -0.664. The topological polar surface area (TPSA) is 47.6 Å². The number of hydrogen-bond donors (Lipinski definition) is 1. The lowest BCUT2D eigenvalue weighted by Gasteiger charge is -2.33. The molecule has 0 saturated carbocycles. The summed E-state index contributed by atoms with van der Waals surface area (Å²) in [5.41, 5.74) is -0.139. The molecule has 0 saturated heterocycles. The van der Waals surface area contributed by atoms with Crippen LogP contribution >= 0.6 is 15.9 Å². The summed E-state index contributed by atoms with van der Waals surface area (Å²) >= 11 is 3.38. The van der Waals surface area contributed by atoms with Gasteiger partial charge in [0.1, 0.15) is 11.5 Å². The van der Waals surface area contributed by atoms with Crippen molar-refractivity contribution in [2.24, 2.45) is 0 Å². The average Bonchev–Trinajstić information content (AvgIpc) is 2.34. The summed E-state index contributed by atoms with van der Waals surface area (Å²) in [6.45, 7) is 4.29. The number of fused-ring (bicyclic) bond motifs is 1. The fourth-order valence-corrected chi connectivity index (χ4v) is 2.29. The molecular weight excluding hydrogens is 310 g/mol. The lowest BCUT2D eigenvalue weighted by molar-refractivity contribution is 0.0431. The first kappa shape index (κ1) is 14.2. The van der Waals surface area contributed by atoms with Crippen molar-refractivity contribution in [1.82, 2.24) is 5.32 Å². The molecule has 1 aromatic carbocycles. The molecule has 1 N–H and O–H groups in total. The molecule has 1 heterocycles. The van der Waals surface area contributed by atoms with Crippen LogP contribution in [0.15, 0.2) is 18.2 Å². The second-order valence-corrected chi connectivity index (χ2v) is 5.76. The summed E-state index contributed by atoms with van der Waals surface area (Å²) < 4.78 is 11.3. The maximum Gasteiger partial charge on any atom is 0.258 e. The molecule has 104 valence electrons. The number of ether oxygens (including phenoxy) is 2. The van der Waals surface area contributed by atoms with E-state index in [1.54, 1.807) is 12.1 Å². The van der Waals surface area contributed by atoms with Gasteiger partial charge in [0.25, 0.3) is 5.91 Å². The second-order valence-electron chi connectivity index (χ2n) is 4.97. The van der Waals surface area contributed by atoms with Gasteiger partial charge in [0.2, 0.25) is 0 Å². The number of carbonyl (C=O) groups is 1. The highest BCUT2D eigenvalue weighted by atomic mass is 79.9. The number of rotatable bonds is 5. The lowest BCUT2D eigenvalue weighted by atomic mass is 10.1. The Labute approximate surface area is 121 Å². The van der Waals surface area contributed by atoms with Crippen LogP contribution in [0.1, 0.15) is 37.0 Å². The Bertz CT molecular complexity index is 474. The third kappa shape index (κ3) is 3.62. The summed E-state index contributed by atoms with van der Waals surface area (Å²) in [6, 6.07) is 5.35. The summed E-state index contributed by atoms with van der Waals surface area (Å²) in [7, 11) is 0. The molecule has 1 amide bonds. The van der Waals surface area contributed by atoms with Gasteiger partial charge in [-0.25, -0.2) is 0 Å². The fourth-order valence-electron chi connectivity index (χ4n) is 1.89. The summed E-state index contributed by atoms with van der Waals surface area (Å²) in [4.78, 5) is 12.0. The van der Waals surface area contributed by atoms with Gasteiger partial charge in [0.05, 0.1) is 12.2 Å². The Kier molecular flexibility index (Phi) is 4.34. The van der Waals surface area contributed by atoms with Crippen molar-refractivity contribution in [3.05, 3.63) is 23.8 Å². The smallest absolute Gasteiger partial charge is 0.258 e. The zero-order chi connectivity index (χ0) is 13.9. The van der Waals surface area contributed by atoms with E-state index in [-0.39, 0.29) is 5.91 Å². The van der Waals surface area contributed by atoms with E-state index in [0.717, 1.165) is 18.2 Å². The van der Waals surface area contributed by atoms with Gasteiger partial charge in [-0.2, -0.15) is 0 Å². The molecule has 0 spiro atoms. The molecule has 4 nitrogen and oxygen atoms in total. The molecule has 5 heteroatoms. The van der Waals surface area contributed by atoms with Crippen molar-refractivity contribution in [3.63, 3.8) is 0 Å². The first-order chi connectivity index (χ1) is 9.02. The predicted molar refractivity (Wildman–Crippen MR) is 77.1 cm³/mol. The SMILES string of the molecule is CC1(C)NC(=O)c2cc(OCCCCBr)ccc2O1. The van der Waals surface area contributed by atoms with Crippen LogP contribution in [0.3, 0.4) is 0 Å². The van der Waals surface area contributed by atoms with Gasteiger partial charge < -0.3 is 14.8 Å². The van der Waals surface area contributed by atoms with Crippen LogP contribution in [-0.4, -0.2) is 23.6 Å². The van der Waals surface area contributed by atoms with Crippen LogP contribution < -0.4 is 14.8 Å². The Morgan fingerprint density at radius 3 is 2.89 bits per heavy atom. The largest absolute Gasteiger partial charge is 0.494 e. The number of benzene rings is 1. The van der Waals surface area contributed by atoms with E-state index in [1.165, 1.54) is 0 Å². The molecule has 1 aliphatic rings. The van der Waals surface area contributed by atoms with Crippen molar-refractivity contribution < 1.29 is 14.3 Å². The van der Waals surface area contributed by atoms with Crippen molar-refractivity contribution in [1.29, 1.82) is 0 Å². The standard InChI is InChI=1S/C14H18BrNO3/c1-14(2)16-13(17)11-9-10(5-6-12(11)19-14)18-8-4-3-7-15/h5-6,9H,3-4,7-8H2,1-2H3,(H,16,17). The van der Waals surface area contributed by atoms with Crippen LogP contribution in [0.25, 0.3) is 0 Å². The Hall–Kier alpha value is -1.23. The molecule has 0 fully saturated rings. The van der Waals surface area contributed by atoms with Crippen LogP contribution in [0, 0.1) is 0 Å². The van der Waals surface area contributed by atoms with E-state index < -0.39 is 5.72 Å². The highest BCUT2D eigenvalue weighted by Gasteiger charge is 2.31. The first-order valence-corrected chi connectivity index (χ1v) is 7.48. The predicted octanol–water partition coefficient (Wildman–Crippen LogP) is 3.10. The van der Waals surface area contributed by atoms with Crippen LogP contribution in [0.4, 0.5) is 0 Å². The van der Waals surface area contributed by atoms with E-state index in [2.05, 4.69) is 21.2 Å². The monoisotopic (exact) mass is 327 g/mol. The highest BCUT2D eigenvalue weighted by Crippen LogP contribution is 2.30. The Morgan fingerprint density at radius 1 is 1.37 bits per heavy atom. The number of alkyl halides is 1. The van der Waals surface area contributed by atoms with Crippen LogP contribution in [-0.2, 0) is 0 Å². The third-order valence-corrected chi connectivity index (χ3v) is 3.33. The van der Waals surface area contributed by atoms with E-state index in [9.17, 15) is 4.79 Å². The molecule has 2 rings (SSSR count). The second kappa shape index (κ2) is 5.82. The van der Waals surface area contributed by atoms with Gasteiger partial charge in [0, 0.05) is 5.33 Å². The van der Waals surface area contributed by atoms with Gasteiger partial charge in [-0.3, -0.25) is 4.79 Å². The van der Waals surface area contributed by atoms with Crippen LogP contribution in [0.5, 0.6) is 11.5 Å². The number of unbranched alkanes of at least 4 members (excludes halogenated alkanes) is 1. The van der Waals surface area contributed by atoms with Gasteiger partial charge in [-0.15, -0.1) is 0 Å². The third-order valence-electron chi connectivity index (χ3n) is 2.77. The number of carbonyl (C=O) groups excluding carboxylic acids is 1. The highest BCUT2D eigenvalue weighted by molar-refractivity contribution is 9.09. The number of nitrogens with one attached hydrogen (secondary N) is 1. The molecule has 0 radical (unpaired) electrons. The fraction of sp³-hybridized carbons (Fsp3) is 0.500. The maximum atomic E-state index is 12.0. The minimum absolute atomic E-state index is 0.128. The quantitative estimate of drug-likeness (QED) is 0.667. The van der Waals surface area contributed by atoms with E-state index in [4.69, 9.17) is 9.47 Å². The van der Waals surface area contributed by atoms with Crippen molar-refractivity contribution >= 4 is 21.8 Å². The van der Waals surface area contributed by atoms with Gasteiger partial charge in [-0.05, 0) is 44.9 Å². The van der Waals surface area contributed by atoms with Crippen molar-refractivity contribution in [2.75, 3.05) is 11.9 Å². The van der Waals surface area contributed by atoms with Crippen LogP contribution in [0.2, 0.25) is 0 Å². The number of halogens is 1. The van der Waals surface area contributed by atoms with E-state index in [1.807, 2.05) is 19.9 Å².